The summed E-state index contributed by atoms with van der Waals surface area (Å²) in [5, 5.41) is 10.5. The standard InChI is InChI=1S/C10H10FNO3/c1-6(13)5-7-8(11)3-2-4-9(7)12-10(14)15/h2-4,12H,5H2,1H3,(H,14,15). The van der Waals surface area contributed by atoms with E-state index in [4.69, 9.17) is 5.11 Å². The molecule has 0 aliphatic heterocycles. The Bertz CT molecular complexity index is 404. The van der Waals surface area contributed by atoms with Crippen molar-refractivity contribution in [3.05, 3.63) is 29.6 Å². The number of carbonyl (C=O) groups excluding carboxylic acids is 1. The number of hydrogen-bond donors (Lipinski definition) is 2. The number of benzene rings is 1. The fraction of sp³-hybridized carbons (Fsp3) is 0.200. The average Bonchev–Trinajstić information content (AvgIpc) is 2.09. The zero-order valence-corrected chi connectivity index (χ0v) is 8.08. The molecule has 0 fully saturated rings. The highest BCUT2D eigenvalue weighted by Gasteiger charge is 2.11. The maximum absolute atomic E-state index is 13.3. The molecule has 0 aromatic heterocycles. The smallest absolute Gasteiger partial charge is 0.409 e. The van der Waals surface area contributed by atoms with E-state index in [2.05, 4.69) is 0 Å². The van der Waals surface area contributed by atoms with E-state index < -0.39 is 11.9 Å². The van der Waals surface area contributed by atoms with Crippen molar-refractivity contribution in [1.82, 2.24) is 0 Å². The first-order valence-corrected chi connectivity index (χ1v) is 4.27. The van der Waals surface area contributed by atoms with Crippen LogP contribution in [0.15, 0.2) is 18.2 Å². The zero-order chi connectivity index (χ0) is 11.4. The molecule has 4 nitrogen and oxygen atoms in total. The molecule has 1 rings (SSSR count). The van der Waals surface area contributed by atoms with E-state index in [0.717, 1.165) is 0 Å². The third-order valence-electron chi connectivity index (χ3n) is 1.79. The van der Waals surface area contributed by atoms with Crippen LogP contribution in [0.3, 0.4) is 0 Å². The minimum absolute atomic E-state index is 0.0763. The SMILES string of the molecule is CC(=O)Cc1c(F)cccc1NC(=O)O. The number of rotatable bonds is 3. The topological polar surface area (TPSA) is 66.4 Å². The molecule has 2 N–H and O–H groups in total. The van der Waals surface area contributed by atoms with E-state index in [-0.39, 0.29) is 23.5 Å². The highest BCUT2D eigenvalue weighted by molar-refractivity contribution is 5.87. The summed E-state index contributed by atoms with van der Waals surface area (Å²) in [5.41, 5.74) is 0.185. The van der Waals surface area contributed by atoms with Crippen LogP contribution >= 0.6 is 0 Å². The Hall–Kier alpha value is -1.91. The summed E-state index contributed by atoms with van der Waals surface area (Å²) in [5.74, 6) is -0.815. The third-order valence-corrected chi connectivity index (χ3v) is 1.79. The van der Waals surface area contributed by atoms with Crippen LogP contribution in [0.4, 0.5) is 14.9 Å². The molecular formula is C10H10FNO3. The van der Waals surface area contributed by atoms with Crippen molar-refractivity contribution in [2.24, 2.45) is 0 Å². The van der Waals surface area contributed by atoms with Gasteiger partial charge in [0, 0.05) is 12.0 Å². The Morgan fingerprint density at radius 1 is 1.47 bits per heavy atom. The molecule has 0 atom stereocenters. The predicted molar refractivity (Wildman–Crippen MR) is 52.4 cm³/mol. The predicted octanol–water partition coefficient (Wildman–Crippen LogP) is 2.05. The number of carboxylic acid groups (broad SMARTS) is 1. The summed E-state index contributed by atoms with van der Waals surface area (Å²) in [6.45, 7) is 1.32. The summed E-state index contributed by atoms with van der Waals surface area (Å²) < 4.78 is 13.3. The summed E-state index contributed by atoms with van der Waals surface area (Å²) in [6, 6.07) is 3.98. The first kappa shape index (κ1) is 11.2. The Labute approximate surface area is 85.7 Å². The molecule has 0 spiro atoms. The molecule has 0 bridgehead atoms. The van der Waals surface area contributed by atoms with Gasteiger partial charge < -0.3 is 5.11 Å². The Morgan fingerprint density at radius 2 is 2.13 bits per heavy atom. The van der Waals surface area contributed by atoms with Crippen molar-refractivity contribution in [3.8, 4) is 0 Å². The second-order valence-corrected chi connectivity index (χ2v) is 3.07. The monoisotopic (exact) mass is 211 g/mol. The lowest BCUT2D eigenvalue weighted by molar-refractivity contribution is -0.116. The van der Waals surface area contributed by atoms with Gasteiger partial charge in [0.15, 0.2) is 0 Å². The molecular weight excluding hydrogens is 201 g/mol. The number of ketones is 1. The summed E-state index contributed by atoms with van der Waals surface area (Å²) in [6.07, 6.45) is -1.41. The lowest BCUT2D eigenvalue weighted by atomic mass is 10.1. The molecule has 15 heavy (non-hydrogen) atoms. The minimum atomic E-state index is -1.29. The second kappa shape index (κ2) is 4.54. The van der Waals surface area contributed by atoms with E-state index >= 15 is 0 Å². The van der Waals surface area contributed by atoms with Crippen molar-refractivity contribution in [2.75, 3.05) is 5.32 Å². The number of Topliss-reactive ketones (excluding diaryl/α,β-unsaturated/α-hetero) is 1. The van der Waals surface area contributed by atoms with Gasteiger partial charge in [-0.1, -0.05) is 6.07 Å². The second-order valence-electron chi connectivity index (χ2n) is 3.07. The van der Waals surface area contributed by atoms with Crippen molar-refractivity contribution >= 4 is 17.6 Å². The van der Waals surface area contributed by atoms with E-state index in [1.54, 1.807) is 0 Å². The summed E-state index contributed by atoms with van der Waals surface area (Å²) in [7, 11) is 0. The number of carbonyl (C=O) groups is 2. The van der Waals surface area contributed by atoms with Crippen LogP contribution in [0.5, 0.6) is 0 Å². The Kier molecular flexibility index (Phi) is 3.38. The van der Waals surface area contributed by atoms with E-state index in [9.17, 15) is 14.0 Å². The lowest BCUT2D eigenvalue weighted by Crippen LogP contribution is -2.11. The third kappa shape index (κ3) is 3.05. The van der Waals surface area contributed by atoms with Gasteiger partial charge in [0.25, 0.3) is 0 Å². The molecule has 0 unspecified atom stereocenters. The highest BCUT2D eigenvalue weighted by Crippen LogP contribution is 2.19. The molecule has 0 radical (unpaired) electrons. The van der Waals surface area contributed by atoms with Crippen LogP contribution in [-0.4, -0.2) is 17.0 Å². The van der Waals surface area contributed by atoms with E-state index in [1.165, 1.54) is 25.1 Å². The normalized spacial score (nSPS) is 9.73. The van der Waals surface area contributed by atoms with E-state index in [1.807, 2.05) is 5.32 Å². The van der Waals surface area contributed by atoms with Crippen molar-refractivity contribution < 1.29 is 19.1 Å². The van der Waals surface area contributed by atoms with Crippen molar-refractivity contribution in [2.45, 2.75) is 13.3 Å². The number of halogens is 1. The maximum Gasteiger partial charge on any atom is 0.409 e. The molecule has 0 heterocycles. The highest BCUT2D eigenvalue weighted by atomic mass is 19.1. The quantitative estimate of drug-likeness (QED) is 0.804. The fourth-order valence-corrected chi connectivity index (χ4v) is 1.22. The van der Waals surface area contributed by atoms with Crippen LogP contribution in [-0.2, 0) is 11.2 Å². The molecule has 0 aliphatic carbocycles. The fourth-order valence-electron chi connectivity index (χ4n) is 1.22. The molecule has 0 aliphatic rings. The van der Waals surface area contributed by atoms with Crippen LogP contribution in [0, 0.1) is 5.82 Å². The molecule has 5 heteroatoms. The van der Waals surface area contributed by atoms with Crippen LogP contribution in [0.25, 0.3) is 0 Å². The molecule has 1 aromatic rings. The van der Waals surface area contributed by atoms with Gasteiger partial charge in [0.2, 0.25) is 0 Å². The van der Waals surface area contributed by atoms with Gasteiger partial charge in [0.1, 0.15) is 11.6 Å². The van der Waals surface area contributed by atoms with Gasteiger partial charge in [-0.05, 0) is 19.1 Å². The first-order chi connectivity index (χ1) is 7.00. The molecule has 0 saturated carbocycles. The largest absolute Gasteiger partial charge is 0.465 e. The van der Waals surface area contributed by atoms with Gasteiger partial charge in [-0.25, -0.2) is 9.18 Å². The lowest BCUT2D eigenvalue weighted by Gasteiger charge is -2.08. The van der Waals surface area contributed by atoms with Crippen LogP contribution in [0.1, 0.15) is 12.5 Å². The number of nitrogens with one attached hydrogen (secondary N) is 1. The first-order valence-electron chi connectivity index (χ1n) is 4.27. The summed E-state index contributed by atoms with van der Waals surface area (Å²) >= 11 is 0. The van der Waals surface area contributed by atoms with Crippen molar-refractivity contribution in [3.63, 3.8) is 0 Å². The van der Waals surface area contributed by atoms with Gasteiger partial charge in [0.05, 0.1) is 5.69 Å². The minimum Gasteiger partial charge on any atom is -0.465 e. The summed E-state index contributed by atoms with van der Waals surface area (Å²) in [4.78, 5) is 21.3. The molecule has 0 saturated heterocycles. The molecule has 1 aromatic carbocycles. The van der Waals surface area contributed by atoms with Gasteiger partial charge in [-0.2, -0.15) is 0 Å². The van der Waals surface area contributed by atoms with Gasteiger partial charge in [-0.3, -0.25) is 10.1 Å². The Morgan fingerprint density at radius 3 is 2.67 bits per heavy atom. The van der Waals surface area contributed by atoms with Gasteiger partial charge >= 0.3 is 6.09 Å². The maximum atomic E-state index is 13.3. The van der Waals surface area contributed by atoms with Crippen molar-refractivity contribution in [1.29, 1.82) is 0 Å². The van der Waals surface area contributed by atoms with Crippen LogP contribution < -0.4 is 5.32 Å². The van der Waals surface area contributed by atoms with Crippen LogP contribution in [0.2, 0.25) is 0 Å². The number of hydrogen-bond acceptors (Lipinski definition) is 2. The number of anilines is 1. The Balaban J connectivity index is 3.08. The molecule has 80 valence electrons. The average molecular weight is 211 g/mol. The zero-order valence-electron chi connectivity index (χ0n) is 8.08. The molecule has 1 amide bonds. The van der Waals surface area contributed by atoms with Gasteiger partial charge in [-0.15, -0.1) is 0 Å². The number of amides is 1. The van der Waals surface area contributed by atoms with E-state index in [0.29, 0.717) is 0 Å².